The summed E-state index contributed by atoms with van der Waals surface area (Å²) in [6, 6.07) is 6.12. The first-order valence-electron chi connectivity index (χ1n) is 3.98. The molecule has 1 aromatic rings. The maximum absolute atomic E-state index is 5.69. The van der Waals surface area contributed by atoms with Gasteiger partial charge in [0.25, 0.3) is 0 Å². The molecule has 0 radical (unpaired) electrons. The van der Waals surface area contributed by atoms with Crippen LogP contribution in [0, 0.1) is 3.57 Å². The van der Waals surface area contributed by atoms with E-state index in [4.69, 9.17) is 5.73 Å². The number of anilines is 1. The monoisotopic (exact) mass is 276 g/mol. The predicted octanol–water partition coefficient (Wildman–Crippen LogP) is 1.98. The lowest BCUT2D eigenvalue weighted by Crippen LogP contribution is -2.11. The Morgan fingerprint density at radius 3 is 2.83 bits per heavy atom. The van der Waals surface area contributed by atoms with E-state index in [1.165, 1.54) is 5.56 Å². The van der Waals surface area contributed by atoms with Crippen LogP contribution in [0.15, 0.2) is 18.2 Å². The van der Waals surface area contributed by atoms with Crippen molar-refractivity contribution in [1.29, 1.82) is 0 Å². The van der Waals surface area contributed by atoms with Crippen LogP contribution in [-0.2, 0) is 6.54 Å². The summed E-state index contributed by atoms with van der Waals surface area (Å²) in [5, 5.41) is 3.27. The molecule has 0 heterocycles. The van der Waals surface area contributed by atoms with E-state index in [9.17, 15) is 0 Å². The number of hydrogen-bond donors (Lipinski definition) is 2. The summed E-state index contributed by atoms with van der Waals surface area (Å²) in [5.74, 6) is 0. The highest BCUT2D eigenvalue weighted by Crippen LogP contribution is 2.15. The number of hydrogen-bond acceptors (Lipinski definition) is 2. The zero-order valence-electron chi connectivity index (χ0n) is 7.10. The smallest absolute Gasteiger partial charge is 0.0449 e. The van der Waals surface area contributed by atoms with Gasteiger partial charge in [-0.05, 0) is 46.8 Å². The van der Waals surface area contributed by atoms with E-state index < -0.39 is 0 Å². The summed E-state index contributed by atoms with van der Waals surface area (Å²) in [5.41, 5.74) is 7.83. The van der Waals surface area contributed by atoms with Crippen LogP contribution in [0.3, 0.4) is 0 Å². The van der Waals surface area contributed by atoms with Crippen LogP contribution < -0.4 is 11.1 Å². The molecular formula is C9H13IN2. The van der Waals surface area contributed by atoms with Gasteiger partial charge in [0.05, 0.1) is 0 Å². The Bertz CT molecular complexity index is 261. The molecule has 0 unspecified atom stereocenters. The fourth-order valence-corrected chi connectivity index (χ4v) is 1.53. The third-order valence-electron chi connectivity index (χ3n) is 1.64. The minimum Gasteiger partial charge on any atom is -0.398 e. The Balaban J connectivity index is 2.69. The second kappa shape index (κ2) is 4.67. The number of nitrogens with one attached hydrogen (secondary N) is 1. The maximum Gasteiger partial charge on any atom is 0.0449 e. The standard InChI is InChI=1S/C9H13IN2/c1-2-12-6-7-3-4-9(11)8(10)5-7/h3-5,12H,2,6,11H2,1H3. The number of nitrogen functional groups attached to an aromatic ring is 1. The highest BCUT2D eigenvalue weighted by Gasteiger charge is 1.96. The second-order valence-corrected chi connectivity index (χ2v) is 3.80. The van der Waals surface area contributed by atoms with Crippen molar-refractivity contribution >= 4 is 28.3 Å². The Morgan fingerprint density at radius 2 is 2.25 bits per heavy atom. The van der Waals surface area contributed by atoms with Crippen LogP contribution in [0.25, 0.3) is 0 Å². The Kier molecular flexibility index (Phi) is 3.81. The largest absolute Gasteiger partial charge is 0.398 e. The second-order valence-electron chi connectivity index (χ2n) is 2.64. The molecule has 3 N–H and O–H groups in total. The average Bonchev–Trinajstić information content (AvgIpc) is 2.07. The maximum atomic E-state index is 5.69. The molecule has 0 saturated heterocycles. The Hall–Kier alpha value is -0.290. The topological polar surface area (TPSA) is 38.0 Å². The summed E-state index contributed by atoms with van der Waals surface area (Å²) < 4.78 is 1.13. The van der Waals surface area contributed by atoms with Crippen molar-refractivity contribution in [2.24, 2.45) is 0 Å². The fourth-order valence-electron chi connectivity index (χ4n) is 0.950. The molecule has 66 valence electrons. The van der Waals surface area contributed by atoms with E-state index in [1.807, 2.05) is 6.07 Å². The summed E-state index contributed by atoms with van der Waals surface area (Å²) in [4.78, 5) is 0. The van der Waals surface area contributed by atoms with Crippen LogP contribution in [0.4, 0.5) is 5.69 Å². The van der Waals surface area contributed by atoms with Gasteiger partial charge < -0.3 is 11.1 Å². The molecule has 0 fully saturated rings. The van der Waals surface area contributed by atoms with Crippen molar-refractivity contribution in [2.45, 2.75) is 13.5 Å². The van der Waals surface area contributed by atoms with E-state index in [0.717, 1.165) is 22.3 Å². The van der Waals surface area contributed by atoms with Crippen LogP contribution in [-0.4, -0.2) is 6.54 Å². The average molecular weight is 276 g/mol. The summed E-state index contributed by atoms with van der Waals surface area (Å²) in [6.07, 6.45) is 0. The molecule has 12 heavy (non-hydrogen) atoms. The van der Waals surface area contributed by atoms with Gasteiger partial charge in [0.2, 0.25) is 0 Å². The van der Waals surface area contributed by atoms with Gasteiger partial charge >= 0.3 is 0 Å². The number of benzene rings is 1. The first kappa shape index (κ1) is 9.80. The van der Waals surface area contributed by atoms with E-state index in [-0.39, 0.29) is 0 Å². The van der Waals surface area contributed by atoms with Crippen molar-refractivity contribution in [3.63, 3.8) is 0 Å². The van der Waals surface area contributed by atoms with E-state index in [2.05, 4.69) is 47.0 Å². The van der Waals surface area contributed by atoms with Gasteiger partial charge in [0.1, 0.15) is 0 Å². The molecule has 0 bridgehead atoms. The quantitative estimate of drug-likeness (QED) is 0.654. The molecule has 0 saturated carbocycles. The molecule has 2 nitrogen and oxygen atoms in total. The number of rotatable bonds is 3. The number of nitrogens with two attached hydrogens (primary N) is 1. The molecule has 0 aliphatic rings. The van der Waals surface area contributed by atoms with Crippen molar-refractivity contribution < 1.29 is 0 Å². The first-order chi connectivity index (χ1) is 5.74. The fraction of sp³-hybridized carbons (Fsp3) is 0.333. The molecule has 0 aromatic heterocycles. The van der Waals surface area contributed by atoms with Gasteiger partial charge in [-0.2, -0.15) is 0 Å². The van der Waals surface area contributed by atoms with Gasteiger partial charge in [-0.3, -0.25) is 0 Å². The van der Waals surface area contributed by atoms with E-state index in [1.54, 1.807) is 0 Å². The van der Waals surface area contributed by atoms with Gasteiger partial charge in [-0.15, -0.1) is 0 Å². The molecule has 0 amide bonds. The predicted molar refractivity (Wildman–Crippen MR) is 61.0 cm³/mol. The number of halogens is 1. The molecule has 0 atom stereocenters. The highest BCUT2D eigenvalue weighted by molar-refractivity contribution is 14.1. The summed E-state index contributed by atoms with van der Waals surface area (Å²) in [7, 11) is 0. The van der Waals surface area contributed by atoms with Gasteiger partial charge in [-0.25, -0.2) is 0 Å². The van der Waals surface area contributed by atoms with Gasteiger partial charge in [0.15, 0.2) is 0 Å². The van der Waals surface area contributed by atoms with Crippen LogP contribution >= 0.6 is 22.6 Å². The third kappa shape index (κ3) is 2.64. The van der Waals surface area contributed by atoms with Crippen molar-refractivity contribution in [3.05, 3.63) is 27.3 Å². The molecule has 0 aliphatic carbocycles. The highest BCUT2D eigenvalue weighted by atomic mass is 127. The zero-order valence-corrected chi connectivity index (χ0v) is 9.26. The zero-order chi connectivity index (χ0) is 8.97. The SMILES string of the molecule is CCNCc1ccc(N)c(I)c1. The van der Waals surface area contributed by atoms with E-state index in [0.29, 0.717) is 0 Å². The first-order valence-corrected chi connectivity index (χ1v) is 5.06. The Morgan fingerprint density at radius 1 is 1.50 bits per heavy atom. The van der Waals surface area contributed by atoms with Crippen molar-refractivity contribution in [1.82, 2.24) is 5.32 Å². The molecule has 0 spiro atoms. The molecular weight excluding hydrogens is 263 g/mol. The van der Waals surface area contributed by atoms with Crippen molar-refractivity contribution in [3.8, 4) is 0 Å². The molecule has 1 rings (SSSR count). The third-order valence-corrected chi connectivity index (χ3v) is 2.58. The molecule has 0 aliphatic heterocycles. The Labute approximate surface area is 86.7 Å². The van der Waals surface area contributed by atoms with Crippen molar-refractivity contribution in [2.75, 3.05) is 12.3 Å². The van der Waals surface area contributed by atoms with Gasteiger partial charge in [0, 0.05) is 15.8 Å². The van der Waals surface area contributed by atoms with E-state index >= 15 is 0 Å². The van der Waals surface area contributed by atoms with Gasteiger partial charge in [-0.1, -0.05) is 13.0 Å². The van der Waals surface area contributed by atoms with Crippen LogP contribution in [0.5, 0.6) is 0 Å². The minimum absolute atomic E-state index is 0.857. The summed E-state index contributed by atoms with van der Waals surface area (Å²) in [6.45, 7) is 4.02. The molecule has 1 aromatic carbocycles. The normalized spacial score (nSPS) is 10.2. The molecule has 3 heteroatoms. The lowest BCUT2D eigenvalue weighted by molar-refractivity contribution is 0.726. The van der Waals surface area contributed by atoms with Crippen LogP contribution in [0.1, 0.15) is 12.5 Å². The lowest BCUT2D eigenvalue weighted by atomic mass is 10.2. The summed E-state index contributed by atoms with van der Waals surface area (Å²) >= 11 is 2.25. The van der Waals surface area contributed by atoms with Crippen LogP contribution in [0.2, 0.25) is 0 Å². The minimum atomic E-state index is 0.857. The lowest BCUT2D eigenvalue weighted by Gasteiger charge is -2.04.